The maximum Gasteiger partial charge on any atom is 0.168 e. The van der Waals surface area contributed by atoms with Crippen LogP contribution in [0.15, 0.2) is 18.3 Å². The van der Waals surface area contributed by atoms with Crippen molar-refractivity contribution in [1.82, 2.24) is 4.98 Å². The Morgan fingerprint density at radius 1 is 1.44 bits per heavy atom. The standard InChI is InChI=1S/C13H20N2O/c1-13(7-3-4-8-13)10-15-12-11(16-2)6-5-9-14-12/h5-6,9H,3-4,7-8,10H2,1-2H3,(H,14,15). The lowest BCUT2D eigenvalue weighted by Crippen LogP contribution is -2.23. The molecule has 0 spiro atoms. The minimum Gasteiger partial charge on any atom is -0.493 e. The summed E-state index contributed by atoms with van der Waals surface area (Å²) in [6, 6.07) is 3.83. The molecular weight excluding hydrogens is 200 g/mol. The zero-order valence-electron chi connectivity index (χ0n) is 10.1. The van der Waals surface area contributed by atoms with Crippen molar-refractivity contribution in [2.45, 2.75) is 32.6 Å². The lowest BCUT2D eigenvalue weighted by Gasteiger charge is -2.24. The lowest BCUT2D eigenvalue weighted by molar-refractivity contribution is 0.359. The van der Waals surface area contributed by atoms with E-state index in [1.54, 1.807) is 13.3 Å². The second-order valence-corrected chi connectivity index (χ2v) is 4.93. The van der Waals surface area contributed by atoms with Gasteiger partial charge in [-0.25, -0.2) is 4.98 Å². The van der Waals surface area contributed by atoms with Crippen molar-refractivity contribution in [3.8, 4) is 5.75 Å². The highest BCUT2D eigenvalue weighted by molar-refractivity contribution is 5.49. The van der Waals surface area contributed by atoms with Crippen molar-refractivity contribution in [1.29, 1.82) is 0 Å². The van der Waals surface area contributed by atoms with E-state index in [4.69, 9.17) is 4.74 Å². The average molecular weight is 220 g/mol. The van der Waals surface area contributed by atoms with Crippen LogP contribution in [0, 0.1) is 5.41 Å². The molecule has 3 heteroatoms. The van der Waals surface area contributed by atoms with Crippen LogP contribution < -0.4 is 10.1 Å². The van der Waals surface area contributed by atoms with Crippen LogP contribution >= 0.6 is 0 Å². The molecule has 16 heavy (non-hydrogen) atoms. The minimum atomic E-state index is 0.433. The van der Waals surface area contributed by atoms with Gasteiger partial charge in [-0.2, -0.15) is 0 Å². The van der Waals surface area contributed by atoms with E-state index in [0.717, 1.165) is 18.1 Å². The van der Waals surface area contributed by atoms with Gasteiger partial charge in [0.1, 0.15) is 0 Å². The van der Waals surface area contributed by atoms with Gasteiger partial charge >= 0.3 is 0 Å². The number of hydrogen-bond donors (Lipinski definition) is 1. The largest absolute Gasteiger partial charge is 0.493 e. The highest BCUT2D eigenvalue weighted by atomic mass is 16.5. The highest BCUT2D eigenvalue weighted by Crippen LogP contribution is 2.37. The van der Waals surface area contributed by atoms with Crippen molar-refractivity contribution >= 4 is 5.82 Å². The van der Waals surface area contributed by atoms with Gasteiger partial charge in [-0.05, 0) is 30.4 Å². The molecule has 1 saturated carbocycles. The molecule has 0 atom stereocenters. The van der Waals surface area contributed by atoms with Crippen LogP contribution in [-0.2, 0) is 0 Å². The number of methoxy groups -OCH3 is 1. The predicted molar refractivity (Wildman–Crippen MR) is 65.9 cm³/mol. The van der Waals surface area contributed by atoms with Gasteiger partial charge in [0.2, 0.25) is 0 Å². The Morgan fingerprint density at radius 2 is 2.19 bits per heavy atom. The number of anilines is 1. The third kappa shape index (κ3) is 2.46. The zero-order chi connectivity index (χ0) is 11.4. The van der Waals surface area contributed by atoms with Gasteiger partial charge in [-0.15, -0.1) is 0 Å². The summed E-state index contributed by atoms with van der Waals surface area (Å²) >= 11 is 0. The van der Waals surface area contributed by atoms with E-state index < -0.39 is 0 Å². The minimum absolute atomic E-state index is 0.433. The third-order valence-corrected chi connectivity index (χ3v) is 3.48. The third-order valence-electron chi connectivity index (χ3n) is 3.48. The van der Waals surface area contributed by atoms with Crippen LogP contribution in [0.1, 0.15) is 32.6 Å². The fourth-order valence-corrected chi connectivity index (χ4v) is 2.39. The van der Waals surface area contributed by atoms with Crippen molar-refractivity contribution in [2.75, 3.05) is 19.0 Å². The normalized spacial score (nSPS) is 18.4. The van der Waals surface area contributed by atoms with E-state index in [9.17, 15) is 0 Å². The van der Waals surface area contributed by atoms with E-state index in [2.05, 4.69) is 17.2 Å². The second-order valence-electron chi connectivity index (χ2n) is 4.93. The molecule has 1 aromatic heterocycles. The second kappa shape index (κ2) is 4.73. The Kier molecular flexibility index (Phi) is 3.32. The summed E-state index contributed by atoms with van der Waals surface area (Å²) in [6.45, 7) is 3.34. The molecule has 1 aliphatic rings. The van der Waals surface area contributed by atoms with Gasteiger partial charge in [0, 0.05) is 12.7 Å². The molecule has 1 aliphatic carbocycles. The van der Waals surface area contributed by atoms with Crippen molar-refractivity contribution in [3.05, 3.63) is 18.3 Å². The van der Waals surface area contributed by atoms with Gasteiger partial charge in [0.25, 0.3) is 0 Å². The Labute approximate surface area is 97.2 Å². The maximum atomic E-state index is 5.27. The lowest BCUT2D eigenvalue weighted by atomic mass is 9.89. The van der Waals surface area contributed by atoms with Gasteiger partial charge < -0.3 is 10.1 Å². The number of pyridine rings is 1. The Bertz CT molecular complexity index is 346. The molecule has 1 heterocycles. The Hall–Kier alpha value is -1.25. The Morgan fingerprint density at radius 3 is 2.88 bits per heavy atom. The van der Waals surface area contributed by atoms with Crippen LogP contribution in [0.5, 0.6) is 5.75 Å². The molecule has 1 N–H and O–H groups in total. The summed E-state index contributed by atoms with van der Waals surface area (Å²) in [5, 5.41) is 3.41. The first-order valence-electron chi connectivity index (χ1n) is 5.96. The topological polar surface area (TPSA) is 34.1 Å². The van der Waals surface area contributed by atoms with Gasteiger partial charge in [-0.1, -0.05) is 19.8 Å². The number of ether oxygens (including phenoxy) is 1. The highest BCUT2D eigenvalue weighted by Gasteiger charge is 2.28. The van der Waals surface area contributed by atoms with E-state index in [1.165, 1.54) is 25.7 Å². The monoisotopic (exact) mass is 220 g/mol. The fourth-order valence-electron chi connectivity index (χ4n) is 2.39. The molecule has 0 saturated heterocycles. The van der Waals surface area contributed by atoms with Crippen LogP contribution in [-0.4, -0.2) is 18.6 Å². The van der Waals surface area contributed by atoms with E-state index in [1.807, 2.05) is 12.1 Å². The number of rotatable bonds is 4. The quantitative estimate of drug-likeness (QED) is 0.846. The first-order valence-corrected chi connectivity index (χ1v) is 5.96. The summed E-state index contributed by atoms with van der Waals surface area (Å²) < 4.78 is 5.27. The van der Waals surface area contributed by atoms with E-state index in [-0.39, 0.29) is 0 Å². The Balaban J connectivity index is 1.98. The van der Waals surface area contributed by atoms with Gasteiger partial charge in [0.15, 0.2) is 11.6 Å². The summed E-state index contributed by atoms with van der Waals surface area (Å²) in [7, 11) is 1.68. The van der Waals surface area contributed by atoms with E-state index >= 15 is 0 Å². The van der Waals surface area contributed by atoms with Crippen LogP contribution in [0.4, 0.5) is 5.82 Å². The number of aromatic nitrogens is 1. The fraction of sp³-hybridized carbons (Fsp3) is 0.615. The van der Waals surface area contributed by atoms with Crippen LogP contribution in [0.25, 0.3) is 0 Å². The molecule has 0 radical (unpaired) electrons. The summed E-state index contributed by atoms with van der Waals surface area (Å²) in [6.07, 6.45) is 7.14. The average Bonchev–Trinajstić information content (AvgIpc) is 2.74. The molecule has 1 fully saturated rings. The molecule has 0 amide bonds. The van der Waals surface area contributed by atoms with Crippen molar-refractivity contribution < 1.29 is 4.74 Å². The molecule has 1 aromatic rings. The number of hydrogen-bond acceptors (Lipinski definition) is 3. The molecule has 3 nitrogen and oxygen atoms in total. The summed E-state index contributed by atoms with van der Waals surface area (Å²) in [5.41, 5.74) is 0.433. The molecule has 0 aliphatic heterocycles. The molecule has 0 bridgehead atoms. The molecule has 0 unspecified atom stereocenters. The summed E-state index contributed by atoms with van der Waals surface area (Å²) in [5.74, 6) is 1.68. The molecule has 88 valence electrons. The van der Waals surface area contributed by atoms with Crippen molar-refractivity contribution in [3.63, 3.8) is 0 Å². The molecule has 0 aromatic carbocycles. The van der Waals surface area contributed by atoms with Gasteiger partial charge in [0.05, 0.1) is 7.11 Å². The first kappa shape index (κ1) is 11.2. The van der Waals surface area contributed by atoms with Gasteiger partial charge in [-0.3, -0.25) is 0 Å². The maximum absolute atomic E-state index is 5.27. The predicted octanol–water partition coefficient (Wildman–Crippen LogP) is 3.08. The summed E-state index contributed by atoms with van der Waals surface area (Å²) in [4.78, 5) is 4.31. The van der Waals surface area contributed by atoms with Crippen molar-refractivity contribution in [2.24, 2.45) is 5.41 Å². The smallest absolute Gasteiger partial charge is 0.168 e. The number of nitrogens with zero attached hydrogens (tertiary/aromatic N) is 1. The molecule has 2 rings (SSSR count). The SMILES string of the molecule is COc1cccnc1NCC1(C)CCCC1. The van der Waals surface area contributed by atoms with Crippen LogP contribution in [0.3, 0.4) is 0 Å². The van der Waals surface area contributed by atoms with Crippen LogP contribution in [0.2, 0.25) is 0 Å². The zero-order valence-corrected chi connectivity index (χ0v) is 10.1. The molecular formula is C13H20N2O. The first-order chi connectivity index (χ1) is 7.73. The number of nitrogens with one attached hydrogen (secondary N) is 1. The van der Waals surface area contributed by atoms with E-state index in [0.29, 0.717) is 5.41 Å².